The van der Waals surface area contributed by atoms with Gasteiger partial charge in [-0.15, -0.1) is 0 Å². The first kappa shape index (κ1) is 8.68. The van der Waals surface area contributed by atoms with Gasteiger partial charge in [0.2, 0.25) is 0 Å². The molecule has 5 nitrogen and oxygen atoms in total. The Bertz CT molecular complexity index is 490. The van der Waals surface area contributed by atoms with Crippen molar-refractivity contribution in [2.45, 2.75) is 6.92 Å². The van der Waals surface area contributed by atoms with Crippen LogP contribution in [0.3, 0.4) is 0 Å². The summed E-state index contributed by atoms with van der Waals surface area (Å²) in [6.45, 7) is 1.77. The van der Waals surface area contributed by atoms with E-state index >= 15 is 0 Å². The van der Waals surface area contributed by atoms with Crippen LogP contribution in [0.4, 0.5) is 0 Å². The van der Waals surface area contributed by atoms with Crippen molar-refractivity contribution >= 4 is 11.6 Å². The Labute approximate surface area is 80.3 Å². The Morgan fingerprint density at radius 3 is 3.00 bits per heavy atom. The number of rotatable bonds is 1. The predicted molar refractivity (Wildman–Crippen MR) is 49.1 cm³/mol. The maximum absolute atomic E-state index is 11.3. The number of carbonyl (C=O) groups is 1. The first-order valence-electron chi connectivity index (χ1n) is 4.13. The van der Waals surface area contributed by atoms with Crippen molar-refractivity contribution in [3.8, 4) is 0 Å². The molecule has 0 fully saturated rings. The van der Waals surface area contributed by atoms with Gasteiger partial charge in [0.25, 0.3) is 0 Å². The normalized spacial score (nSPS) is 10.4. The third-order valence-electron chi connectivity index (χ3n) is 1.86. The van der Waals surface area contributed by atoms with E-state index in [4.69, 9.17) is 0 Å². The molecule has 72 valence electrons. The fourth-order valence-corrected chi connectivity index (χ4v) is 1.27. The van der Waals surface area contributed by atoms with Crippen molar-refractivity contribution in [2.24, 2.45) is 0 Å². The number of methoxy groups -OCH3 is 1. The molecule has 0 unspecified atom stereocenters. The summed E-state index contributed by atoms with van der Waals surface area (Å²) < 4.78 is 6.10. The zero-order chi connectivity index (χ0) is 10.1. The Morgan fingerprint density at radius 2 is 2.29 bits per heavy atom. The van der Waals surface area contributed by atoms with Crippen LogP contribution in [0.1, 0.15) is 16.3 Å². The van der Waals surface area contributed by atoms with Gasteiger partial charge in [-0.1, -0.05) is 6.07 Å². The molecule has 0 aliphatic heterocycles. The molecule has 0 aliphatic carbocycles. The topological polar surface area (TPSA) is 56.5 Å². The lowest BCUT2D eigenvalue weighted by Gasteiger charge is -2.00. The quantitative estimate of drug-likeness (QED) is 0.626. The second kappa shape index (κ2) is 3.10. The maximum Gasteiger partial charge on any atom is 0.356 e. The van der Waals surface area contributed by atoms with Gasteiger partial charge in [-0.2, -0.15) is 5.10 Å². The smallest absolute Gasteiger partial charge is 0.356 e. The average molecular weight is 191 g/mol. The van der Waals surface area contributed by atoms with Gasteiger partial charge in [0.05, 0.1) is 7.11 Å². The summed E-state index contributed by atoms with van der Waals surface area (Å²) in [5, 5.41) is 4.09. The minimum atomic E-state index is -0.416. The van der Waals surface area contributed by atoms with E-state index in [2.05, 4.69) is 14.8 Å². The van der Waals surface area contributed by atoms with Crippen LogP contribution in [0.2, 0.25) is 0 Å². The van der Waals surface area contributed by atoms with Crippen LogP contribution in [0.5, 0.6) is 0 Å². The lowest BCUT2D eigenvalue weighted by molar-refractivity contribution is 0.0591. The van der Waals surface area contributed by atoms with Gasteiger partial charge in [-0.05, 0) is 19.1 Å². The third-order valence-corrected chi connectivity index (χ3v) is 1.86. The lowest BCUT2D eigenvalue weighted by Crippen LogP contribution is -2.08. The minimum Gasteiger partial charge on any atom is -0.464 e. The summed E-state index contributed by atoms with van der Waals surface area (Å²) in [7, 11) is 1.34. The monoisotopic (exact) mass is 191 g/mol. The maximum atomic E-state index is 11.3. The highest BCUT2D eigenvalue weighted by Crippen LogP contribution is 2.06. The van der Waals surface area contributed by atoms with E-state index in [1.165, 1.54) is 11.6 Å². The van der Waals surface area contributed by atoms with Gasteiger partial charge in [-0.25, -0.2) is 14.3 Å². The number of fused-ring (bicyclic) bond motifs is 1. The molecular formula is C9H9N3O2. The second-order valence-electron chi connectivity index (χ2n) is 2.83. The van der Waals surface area contributed by atoms with Gasteiger partial charge in [0.1, 0.15) is 5.82 Å². The number of aryl methyl sites for hydroxylation is 1. The summed E-state index contributed by atoms with van der Waals surface area (Å²) in [6, 6.07) is 5.18. The Kier molecular flexibility index (Phi) is 1.92. The van der Waals surface area contributed by atoms with E-state index in [-0.39, 0.29) is 0 Å². The molecule has 2 aromatic rings. The first-order chi connectivity index (χ1) is 6.72. The number of hydrogen-bond donors (Lipinski definition) is 0. The first-order valence-corrected chi connectivity index (χ1v) is 4.13. The largest absolute Gasteiger partial charge is 0.464 e. The molecule has 0 bridgehead atoms. The molecule has 0 N–H and O–H groups in total. The number of aromatic nitrogens is 3. The van der Waals surface area contributed by atoms with E-state index in [1.54, 1.807) is 25.1 Å². The second-order valence-corrected chi connectivity index (χ2v) is 2.83. The molecule has 0 saturated carbocycles. The molecule has 0 saturated heterocycles. The van der Waals surface area contributed by atoms with Crippen molar-refractivity contribution in [1.29, 1.82) is 0 Å². The highest BCUT2D eigenvalue weighted by atomic mass is 16.5. The molecule has 0 aromatic carbocycles. The van der Waals surface area contributed by atoms with Crippen LogP contribution < -0.4 is 0 Å². The average Bonchev–Trinajstić information content (AvgIpc) is 2.56. The van der Waals surface area contributed by atoms with Gasteiger partial charge >= 0.3 is 5.97 Å². The molecule has 0 amide bonds. The zero-order valence-electron chi connectivity index (χ0n) is 7.89. The number of carbonyl (C=O) groups excluding carboxylic acids is 1. The van der Waals surface area contributed by atoms with Crippen molar-refractivity contribution in [1.82, 2.24) is 14.6 Å². The van der Waals surface area contributed by atoms with Gasteiger partial charge in [-0.3, -0.25) is 0 Å². The standard InChI is InChI=1S/C9H9N3O2/c1-6-10-8-5-3-4-7(9(13)14-2)12(8)11-6/h3-5H,1-2H3. The van der Waals surface area contributed by atoms with Crippen LogP contribution in [-0.4, -0.2) is 27.7 Å². The molecule has 2 heterocycles. The fourth-order valence-electron chi connectivity index (χ4n) is 1.27. The highest BCUT2D eigenvalue weighted by molar-refractivity contribution is 5.88. The van der Waals surface area contributed by atoms with Gasteiger partial charge in [0, 0.05) is 0 Å². The molecule has 0 atom stereocenters. The molecule has 5 heteroatoms. The highest BCUT2D eigenvalue weighted by Gasteiger charge is 2.11. The molecular weight excluding hydrogens is 182 g/mol. The molecule has 0 radical (unpaired) electrons. The van der Waals surface area contributed by atoms with Crippen LogP contribution >= 0.6 is 0 Å². The molecule has 14 heavy (non-hydrogen) atoms. The van der Waals surface area contributed by atoms with Crippen LogP contribution in [0, 0.1) is 6.92 Å². The van der Waals surface area contributed by atoms with Gasteiger partial charge in [0.15, 0.2) is 11.3 Å². The van der Waals surface area contributed by atoms with E-state index in [9.17, 15) is 4.79 Å². The van der Waals surface area contributed by atoms with E-state index in [0.717, 1.165) is 0 Å². The lowest BCUT2D eigenvalue weighted by atomic mass is 10.3. The van der Waals surface area contributed by atoms with Crippen LogP contribution in [0.25, 0.3) is 5.65 Å². The Hall–Kier alpha value is -1.91. The van der Waals surface area contributed by atoms with Crippen LogP contribution in [-0.2, 0) is 4.74 Å². The predicted octanol–water partition coefficient (Wildman–Crippen LogP) is 0.824. The molecule has 2 aromatic heterocycles. The van der Waals surface area contributed by atoms with Crippen molar-refractivity contribution in [3.63, 3.8) is 0 Å². The number of nitrogens with zero attached hydrogens (tertiary/aromatic N) is 3. The van der Waals surface area contributed by atoms with Crippen molar-refractivity contribution in [2.75, 3.05) is 7.11 Å². The summed E-state index contributed by atoms with van der Waals surface area (Å²) in [5.41, 5.74) is 1.02. The molecule has 2 rings (SSSR count). The van der Waals surface area contributed by atoms with Crippen LogP contribution in [0.15, 0.2) is 18.2 Å². The summed E-state index contributed by atoms with van der Waals surface area (Å²) in [6.07, 6.45) is 0. The van der Waals surface area contributed by atoms with E-state index in [1.807, 2.05) is 0 Å². The number of pyridine rings is 1. The minimum absolute atomic E-state index is 0.380. The van der Waals surface area contributed by atoms with E-state index in [0.29, 0.717) is 17.2 Å². The summed E-state index contributed by atoms with van der Waals surface area (Å²) in [4.78, 5) is 15.5. The molecule has 0 aliphatic rings. The molecule has 0 spiro atoms. The summed E-state index contributed by atoms with van der Waals surface area (Å²) in [5.74, 6) is 0.210. The Morgan fingerprint density at radius 1 is 1.50 bits per heavy atom. The summed E-state index contributed by atoms with van der Waals surface area (Å²) >= 11 is 0. The Balaban J connectivity index is 2.70. The zero-order valence-corrected chi connectivity index (χ0v) is 7.89. The van der Waals surface area contributed by atoms with Crippen molar-refractivity contribution < 1.29 is 9.53 Å². The number of hydrogen-bond acceptors (Lipinski definition) is 4. The number of ether oxygens (including phenoxy) is 1. The van der Waals surface area contributed by atoms with Gasteiger partial charge < -0.3 is 4.74 Å². The third kappa shape index (κ3) is 1.22. The fraction of sp³-hybridized carbons (Fsp3) is 0.222. The number of esters is 1. The SMILES string of the molecule is COC(=O)c1cccc2nc(C)nn12. The van der Waals surface area contributed by atoms with E-state index < -0.39 is 5.97 Å². The van der Waals surface area contributed by atoms with Crippen molar-refractivity contribution in [3.05, 3.63) is 29.7 Å².